The molecule has 3 amide bonds. The van der Waals surface area contributed by atoms with Crippen LogP contribution in [0.3, 0.4) is 0 Å². The molecule has 0 aliphatic carbocycles. The van der Waals surface area contributed by atoms with Gasteiger partial charge in [-0.2, -0.15) is 4.90 Å². The largest absolute Gasteiger partial charge is 0.443 e. The summed E-state index contributed by atoms with van der Waals surface area (Å²) >= 11 is 4.76. The Morgan fingerprint density at radius 2 is 1.59 bits per heavy atom. The van der Waals surface area contributed by atoms with Crippen LogP contribution in [0.2, 0.25) is 0 Å². The van der Waals surface area contributed by atoms with E-state index in [2.05, 4.69) is 25.9 Å². The van der Waals surface area contributed by atoms with Crippen molar-refractivity contribution < 1.29 is 23.9 Å². The molecule has 2 heterocycles. The summed E-state index contributed by atoms with van der Waals surface area (Å²) in [4.78, 5) is 49.4. The molecule has 0 aliphatic heterocycles. The predicted octanol–water partition coefficient (Wildman–Crippen LogP) is 6.41. The first kappa shape index (κ1) is 27.7. The summed E-state index contributed by atoms with van der Waals surface area (Å²) in [6, 6.07) is 1.60. The molecule has 0 unspecified atom stereocenters. The van der Waals surface area contributed by atoms with Gasteiger partial charge in [0.05, 0.1) is 4.88 Å². The average Bonchev–Trinajstić information content (AvgIpc) is 3.13. The van der Waals surface area contributed by atoms with Gasteiger partial charge in [-0.05, 0) is 70.0 Å². The molecule has 9 nitrogen and oxygen atoms in total. The number of hydrogen-bond donors (Lipinski definition) is 0. The van der Waals surface area contributed by atoms with Crippen molar-refractivity contribution in [2.24, 2.45) is 0 Å². The van der Waals surface area contributed by atoms with Gasteiger partial charge in [-0.15, -0.1) is 0 Å². The van der Waals surface area contributed by atoms with Crippen molar-refractivity contribution in [3.8, 4) is 10.4 Å². The SMILES string of the molecule is CCCN(C(=O)OC(C)(C)C)c1ncc(-c2cc(N(C(C)=O)C(=O)OC(C)(C)C)ncc2Br)s1. The summed E-state index contributed by atoms with van der Waals surface area (Å²) in [5, 5.41) is 0.479. The third-order valence-electron chi connectivity index (χ3n) is 4.01. The first-order valence-electron chi connectivity index (χ1n) is 10.8. The van der Waals surface area contributed by atoms with E-state index in [1.807, 2.05) is 27.7 Å². The number of pyridine rings is 1. The zero-order valence-electron chi connectivity index (χ0n) is 20.8. The lowest BCUT2D eigenvalue weighted by molar-refractivity contribution is -0.116. The summed E-state index contributed by atoms with van der Waals surface area (Å²) < 4.78 is 11.5. The third-order valence-corrected chi connectivity index (χ3v) is 5.70. The van der Waals surface area contributed by atoms with Crippen molar-refractivity contribution in [2.45, 2.75) is 73.0 Å². The van der Waals surface area contributed by atoms with E-state index in [0.717, 1.165) is 11.3 Å². The van der Waals surface area contributed by atoms with Gasteiger partial charge in [0.25, 0.3) is 0 Å². The fraction of sp³-hybridized carbons (Fsp3) is 0.522. The predicted molar refractivity (Wildman–Crippen MR) is 136 cm³/mol. The number of halogens is 1. The van der Waals surface area contributed by atoms with E-state index in [9.17, 15) is 14.4 Å². The van der Waals surface area contributed by atoms with Crippen molar-refractivity contribution in [2.75, 3.05) is 16.3 Å². The number of nitrogens with zero attached hydrogens (tertiary/aromatic N) is 4. The molecule has 0 spiro atoms. The first-order chi connectivity index (χ1) is 15.6. The van der Waals surface area contributed by atoms with Gasteiger partial charge in [0.2, 0.25) is 5.91 Å². The first-order valence-corrected chi connectivity index (χ1v) is 12.4. The number of rotatable bonds is 5. The molecule has 0 saturated carbocycles. The van der Waals surface area contributed by atoms with Crippen LogP contribution in [0.25, 0.3) is 10.4 Å². The van der Waals surface area contributed by atoms with E-state index in [0.29, 0.717) is 26.6 Å². The average molecular weight is 555 g/mol. The minimum atomic E-state index is -0.815. The standard InChI is InChI=1S/C23H31BrN4O5S/c1-9-10-27(20(30)32-22(3,4)5)19-26-13-17(34-19)15-11-18(25-12-16(15)24)28(14(2)29)21(31)33-23(6,7)8/h11-13H,9-10H2,1-8H3. The van der Waals surface area contributed by atoms with Crippen molar-refractivity contribution in [1.29, 1.82) is 0 Å². The Morgan fingerprint density at radius 3 is 2.12 bits per heavy atom. The van der Waals surface area contributed by atoms with Gasteiger partial charge in [0.15, 0.2) is 5.13 Å². The molecule has 0 bridgehead atoms. The van der Waals surface area contributed by atoms with Crippen LogP contribution in [-0.4, -0.2) is 45.8 Å². The number of thiazole rings is 1. The molecule has 0 atom stereocenters. The van der Waals surface area contributed by atoms with Crippen LogP contribution in [0.5, 0.6) is 0 Å². The number of hydrogen-bond acceptors (Lipinski definition) is 8. The van der Waals surface area contributed by atoms with Gasteiger partial charge >= 0.3 is 12.2 Å². The van der Waals surface area contributed by atoms with Crippen LogP contribution in [0.4, 0.5) is 20.5 Å². The van der Waals surface area contributed by atoms with Crippen LogP contribution in [0.1, 0.15) is 61.8 Å². The Balaban J connectivity index is 2.44. The normalized spacial score (nSPS) is 11.7. The van der Waals surface area contributed by atoms with Crippen LogP contribution < -0.4 is 9.80 Å². The van der Waals surface area contributed by atoms with E-state index in [-0.39, 0.29) is 5.82 Å². The molecule has 0 aromatic carbocycles. The molecular formula is C23H31BrN4O5S. The zero-order valence-corrected chi connectivity index (χ0v) is 23.2. The van der Waals surface area contributed by atoms with Gasteiger partial charge < -0.3 is 9.47 Å². The summed E-state index contributed by atoms with van der Waals surface area (Å²) in [6.45, 7) is 14.3. The van der Waals surface area contributed by atoms with E-state index >= 15 is 0 Å². The van der Waals surface area contributed by atoms with E-state index < -0.39 is 29.3 Å². The molecule has 186 valence electrons. The lowest BCUT2D eigenvalue weighted by Gasteiger charge is -2.25. The zero-order chi connectivity index (χ0) is 25.8. The minimum Gasteiger partial charge on any atom is -0.443 e. The van der Waals surface area contributed by atoms with Crippen molar-refractivity contribution in [1.82, 2.24) is 9.97 Å². The minimum absolute atomic E-state index is 0.118. The smallest absolute Gasteiger partial charge is 0.422 e. The number of amides is 3. The molecule has 11 heteroatoms. The Hall–Kier alpha value is -2.53. The molecule has 0 saturated heterocycles. The van der Waals surface area contributed by atoms with Gasteiger partial charge in [0, 0.05) is 35.9 Å². The van der Waals surface area contributed by atoms with E-state index in [1.165, 1.54) is 29.4 Å². The Bertz CT molecular complexity index is 1060. The summed E-state index contributed by atoms with van der Waals surface area (Å²) in [7, 11) is 0. The highest BCUT2D eigenvalue weighted by Crippen LogP contribution is 2.37. The van der Waals surface area contributed by atoms with Gasteiger partial charge in [-0.1, -0.05) is 18.3 Å². The Kier molecular flexibility index (Phi) is 8.81. The fourth-order valence-electron chi connectivity index (χ4n) is 2.75. The molecular weight excluding hydrogens is 524 g/mol. The number of carbonyl (C=O) groups excluding carboxylic acids is 3. The van der Waals surface area contributed by atoms with Crippen LogP contribution in [-0.2, 0) is 14.3 Å². The second kappa shape index (κ2) is 10.8. The van der Waals surface area contributed by atoms with Crippen LogP contribution >= 0.6 is 27.3 Å². The maximum absolute atomic E-state index is 12.7. The molecule has 2 rings (SSSR count). The molecule has 2 aromatic heterocycles. The van der Waals surface area contributed by atoms with Crippen molar-refractivity contribution >= 4 is 56.3 Å². The van der Waals surface area contributed by atoms with Crippen LogP contribution in [0.15, 0.2) is 22.9 Å². The molecule has 2 aromatic rings. The fourth-order valence-corrected chi connectivity index (χ4v) is 4.27. The monoisotopic (exact) mass is 554 g/mol. The quantitative estimate of drug-likeness (QED) is 0.420. The molecule has 0 aliphatic rings. The number of aromatic nitrogens is 2. The van der Waals surface area contributed by atoms with E-state index in [4.69, 9.17) is 9.47 Å². The highest BCUT2D eigenvalue weighted by atomic mass is 79.9. The number of ether oxygens (including phenoxy) is 2. The lowest BCUT2D eigenvalue weighted by atomic mass is 10.2. The Labute approximate surface area is 212 Å². The maximum atomic E-state index is 12.7. The van der Waals surface area contributed by atoms with Crippen molar-refractivity contribution in [3.05, 3.63) is 22.9 Å². The number of imide groups is 1. The number of anilines is 2. The second-order valence-corrected chi connectivity index (χ2v) is 11.4. The second-order valence-electron chi connectivity index (χ2n) is 9.50. The topological polar surface area (TPSA) is 102 Å². The highest BCUT2D eigenvalue weighted by Gasteiger charge is 2.29. The molecule has 0 radical (unpaired) electrons. The van der Waals surface area contributed by atoms with Crippen LogP contribution in [0, 0.1) is 0 Å². The Morgan fingerprint density at radius 1 is 1.00 bits per heavy atom. The molecule has 0 N–H and O–H groups in total. The van der Waals surface area contributed by atoms with E-state index in [1.54, 1.807) is 33.0 Å². The molecule has 34 heavy (non-hydrogen) atoms. The number of carbonyl (C=O) groups is 3. The maximum Gasteiger partial charge on any atom is 0.422 e. The van der Waals surface area contributed by atoms with Crippen molar-refractivity contribution in [3.63, 3.8) is 0 Å². The molecule has 0 fully saturated rings. The lowest BCUT2D eigenvalue weighted by Crippen LogP contribution is -2.40. The van der Waals surface area contributed by atoms with Gasteiger partial charge in [0.1, 0.15) is 17.0 Å². The van der Waals surface area contributed by atoms with Gasteiger partial charge in [-0.25, -0.2) is 19.6 Å². The summed E-state index contributed by atoms with van der Waals surface area (Å²) in [5.74, 6) is -0.411. The third kappa shape index (κ3) is 7.49. The summed E-state index contributed by atoms with van der Waals surface area (Å²) in [6.07, 6.45) is 2.56. The van der Waals surface area contributed by atoms with Gasteiger partial charge in [-0.3, -0.25) is 9.69 Å². The summed E-state index contributed by atoms with van der Waals surface area (Å²) in [5.41, 5.74) is -0.756. The highest BCUT2D eigenvalue weighted by molar-refractivity contribution is 9.10.